The molecule has 8 heteroatoms. The largest absolute Gasteiger partial charge is 0.484 e. The summed E-state index contributed by atoms with van der Waals surface area (Å²) in [5, 5.41) is 2.79. The predicted octanol–water partition coefficient (Wildman–Crippen LogP) is 2.29. The monoisotopic (exact) mass is 419 g/mol. The van der Waals surface area contributed by atoms with E-state index in [2.05, 4.69) is 5.32 Å². The number of amides is 3. The molecule has 3 amide bonds. The van der Waals surface area contributed by atoms with Gasteiger partial charge in [0, 0.05) is 26.2 Å². The van der Waals surface area contributed by atoms with Crippen molar-refractivity contribution in [2.45, 2.75) is 46.3 Å². The molecular formula is C22H33N3O5. The molecule has 0 radical (unpaired) electrons. The number of para-hydroxylation sites is 1. The second-order valence-electron chi connectivity index (χ2n) is 8.68. The van der Waals surface area contributed by atoms with Gasteiger partial charge in [-0.2, -0.15) is 0 Å². The maximum absolute atomic E-state index is 13.0. The van der Waals surface area contributed by atoms with E-state index in [4.69, 9.17) is 9.47 Å². The lowest BCUT2D eigenvalue weighted by atomic mass is 10.0. The van der Waals surface area contributed by atoms with Gasteiger partial charge in [-0.15, -0.1) is 0 Å². The Morgan fingerprint density at radius 2 is 1.57 bits per heavy atom. The first-order chi connectivity index (χ1) is 14.1. The van der Waals surface area contributed by atoms with Crippen molar-refractivity contribution in [3.05, 3.63) is 30.3 Å². The first-order valence-corrected chi connectivity index (χ1v) is 10.3. The van der Waals surface area contributed by atoms with Crippen LogP contribution < -0.4 is 10.1 Å². The van der Waals surface area contributed by atoms with Crippen LogP contribution in [0, 0.1) is 5.92 Å². The Hall–Kier alpha value is -2.77. The average molecular weight is 420 g/mol. The SMILES string of the molecule is CC(C)C(NC(=O)COc1ccccc1)C(=O)N1CCN(C(=O)OC(C)(C)C)CC1. The highest BCUT2D eigenvalue weighted by molar-refractivity contribution is 5.88. The lowest BCUT2D eigenvalue weighted by molar-refractivity contribution is -0.139. The number of carbonyl (C=O) groups excluding carboxylic acids is 3. The summed E-state index contributed by atoms with van der Waals surface area (Å²) in [5.74, 6) is 0.0144. The van der Waals surface area contributed by atoms with Crippen LogP contribution in [-0.4, -0.2) is 72.1 Å². The van der Waals surface area contributed by atoms with Crippen LogP contribution in [0.3, 0.4) is 0 Å². The van der Waals surface area contributed by atoms with E-state index in [1.165, 1.54) is 0 Å². The van der Waals surface area contributed by atoms with Crippen molar-refractivity contribution in [3.8, 4) is 5.75 Å². The van der Waals surface area contributed by atoms with E-state index in [0.717, 1.165) is 0 Å². The fourth-order valence-corrected chi connectivity index (χ4v) is 3.03. The highest BCUT2D eigenvalue weighted by Gasteiger charge is 2.32. The number of hydrogen-bond donors (Lipinski definition) is 1. The van der Waals surface area contributed by atoms with Crippen molar-refractivity contribution in [3.63, 3.8) is 0 Å². The Balaban J connectivity index is 1.86. The maximum atomic E-state index is 13.0. The molecule has 8 nitrogen and oxygen atoms in total. The summed E-state index contributed by atoms with van der Waals surface area (Å²) >= 11 is 0. The highest BCUT2D eigenvalue weighted by atomic mass is 16.6. The molecule has 1 N–H and O–H groups in total. The normalized spacial score (nSPS) is 15.5. The Labute approximate surface area is 178 Å². The van der Waals surface area contributed by atoms with E-state index in [0.29, 0.717) is 31.9 Å². The lowest BCUT2D eigenvalue weighted by Crippen LogP contribution is -2.57. The molecule has 1 fully saturated rings. The topological polar surface area (TPSA) is 88.2 Å². The average Bonchev–Trinajstić information content (AvgIpc) is 2.69. The van der Waals surface area contributed by atoms with Gasteiger partial charge < -0.3 is 24.6 Å². The third-order valence-electron chi connectivity index (χ3n) is 4.61. The van der Waals surface area contributed by atoms with E-state index < -0.39 is 11.6 Å². The molecule has 2 rings (SSSR count). The molecule has 1 aromatic carbocycles. The van der Waals surface area contributed by atoms with Crippen LogP contribution in [0.25, 0.3) is 0 Å². The van der Waals surface area contributed by atoms with Gasteiger partial charge in [0.05, 0.1) is 0 Å². The Morgan fingerprint density at radius 1 is 1.00 bits per heavy atom. The minimum absolute atomic E-state index is 0.0814. The van der Waals surface area contributed by atoms with Gasteiger partial charge >= 0.3 is 6.09 Å². The van der Waals surface area contributed by atoms with Gasteiger partial charge in [0.15, 0.2) is 6.61 Å². The van der Waals surface area contributed by atoms with Gasteiger partial charge in [0.25, 0.3) is 5.91 Å². The summed E-state index contributed by atoms with van der Waals surface area (Å²) in [6.45, 7) is 10.7. The second kappa shape index (κ2) is 10.3. The summed E-state index contributed by atoms with van der Waals surface area (Å²) in [7, 11) is 0. The summed E-state index contributed by atoms with van der Waals surface area (Å²) in [6, 6.07) is 8.40. The zero-order chi connectivity index (χ0) is 22.3. The van der Waals surface area contributed by atoms with Gasteiger partial charge in [-0.3, -0.25) is 9.59 Å². The van der Waals surface area contributed by atoms with Crippen LogP contribution in [-0.2, 0) is 14.3 Å². The van der Waals surface area contributed by atoms with Crippen LogP contribution in [0.15, 0.2) is 30.3 Å². The summed E-state index contributed by atoms with van der Waals surface area (Å²) in [4.78, 5) is 40.8. The molecule has 0 aromatic heterocycles. The molecule has 1 aliphatic heterocycles. The van der Waals surface area contributed by atoms with Gasteiger partial charge in [-0.25, -0.2) is 4.79 Å². The minimum Gasteiger partial charge on any atom is -0.484 e. The molecule has 0 aliphatic carbocycles. The Morgan fingerprint density at radius 3 is 2.10 bits per heavy atom. The quantitative estimate of drug-likeness (QED) is 0.764. The van der Waals surface area contributed by atoms with Crippen molar-refractivity contribution in [2.24, 2.45) is 5.92 Å². The van der Waals surface area contributed by atoms with Crippen LogP contribution >= 0.6 is 0 Å². The van der Waals surface area contributed by atoms with Crippen molar-refractivity contribution in [1.29, 1.82) is 0 Å². The van der Waals surface area contributed by atoms with Gasteiger partial charge in [-0.05, 0) is 38.8 Å². The number of piperazine rings is 1. The van der Waals surface area contributed by atoms with Crippen LogP contribution in [0.2, 0.25) is 0 Å². The number of nitrogens with one attached hydrogen (secondary N) is 1. The fraction of sp³-hybridized carbons (Fsp3) is 0.591. The fourth-order valence-electron chi connectivity index (χ4n) is 3.03. The van der Waals surface area contributed by atoms with Gasteiger partial charge in [-0.1, -0.05) is 32.0 Å². The number of benzene rings is 1. The number of carbonyl (C=O) groups is 3. The molecule has 30 heavy (non-hydrogen) atoms. The summed E-state index contributed by atoms with van der Waals surface area (Å²) in [5.41, 5.74) is -0.557. The van der Waals surface area contributed by atoms with Crippen molar-refractivity contribution in [2.75, 3.05) is 32.8 Å². The number of hydrogen-bond acceptors (Lipinski definition) is 5. The molecule has 0 spiro atoms. The molecule has 0 bridgehead atoms. The molecule has 1 saturated heterocycles. The van der Waals surface area contributed by atoms with Gasteiger partial charge in [0.2, 0.25) is 5.91 Å². The standard InChI is InChI=1S/C22H33N3O5/c1-16(2)19(23-18(26)15-29-17-9-7-6-8-10-17)20(27)24-11-13-25(14-12-24)21(28)30-22(3,4)5/h6-10,16,19H,11-15H2,1-5H3,(H,23,26). The first kappa shape index (κ1) is 23.5. The maximum Gasteiger partial charge on any atom is 0.410 e. The third-order valence-corrected chi connectivity index (χ3v) is 4.61. The lowest BCUT2D eigenvalue weighted by Gasteiger charge is -2.37. The molecule has 166 valence electrons. The molecular weight excluding hydrogens is 386 g/mol. The minimum atomic E-state index is -0.648. The number of rotatable bonds is 6. The van der Waals surface area contributed by atoms with E-state index in [1.807, 2.05) is 52.8 Å². The predicted molar refractivity (Wildman–Crippen MR) is 113 cm³/mol. The van der Waals surface area contributed by atoms with E-state index in [9.17, 15) is 14.4 Å². The second-order valence-corrected chi connectivity index (χ2v) is 8.68. The van der Waals surface area contributed by atoms with Crippen LogP contribution in [0.4, 0.5) is 4.79 Å². The van der Waals surface area contributed by atoms with Gasteiger partial charge in [0.1, 0.15) is 17.4 Å². The van der Waals surface area contributed by atoms with Crippen LogP contribution in [0.5, 0.6) is 5.75 Å². The Kier molecular flexibility index (Phi) is 8.08. The van der Waals surface area contributed by atoms with Crippen molar-refractivity contribution >= 4 is 17.9 Å². The molecule has 1 unspecified atom stereocenters. The first-order valence-electron chi connectivity index (χ1n) is 10.3. The zero-order valence-corrected chi connectivity index (χ0v) is 18.5. The van der Waals surface area contributed by atoms with E-state index >= 15 is 0 Å². The zero-order valence-electron chi connectivity index (χ0n) is 18.5. The summed E-state index contributed by atoms with van der Waals surface area (Å²) < 4.78 is 10.8. The van der Waals surface area contributed by atoms with Crippen LogP contribution in [0.1, 0.15) is 34.6 Å². The number of ether oxygens (including phenoxy) is 2. The highest BCUT2D eigenvalue weighted by Crippen LogP contribution is 2.14. The van der Waals surface area contributed by atoms with Crippen molar-refractivity contribution in [1.82, 2.24) is 15.1 Å². The van der Waals surface area contributed by atoms with Crippen molar-refractivity contribution < 1.29 is 23.9 Å². The molecule has 1 heterocycles. The molecule has 1 aromatic rings. The molecule has 1 aliphatic rings. The van der Waals surface area contributed by atoms with E-state index in [-0.39, 0.29) is 30.4 Å². The number of nitrogens with zero attached hydrogens (tertiary/aromatic N) is 2. The third kappa shape index (κ3) is 7.24. The molecule has 0 saturated carbocycles. The van der Waals surface area contributed by atoms with E-state index in [1.54, 1.807) is 21.9 Å². The smallest absolute Gasteiger partial charge is 0.410 e. The summed E-state index contributed by atoms with van der Waals surface area (Å²) in [6.07, 6.45) is -0.374. The Bertz CT molecular complexity index is 722. The molecule has 1 atom stereocenters.